The smallest absolute Gasteiger partial charge is 0.0762 e. The monoisotopic (exact) mass is 440 g/mol. The highest BCUT2D eigenvalue weighted by Gasteiger charge is 2.69. The van der Waals surface area contributed by atoms with E-state index in [4.69, 9.17) is 0 Å². The molecule has 4 aliphatic carbocycles. The van der Waals surface area contributed by atoms with Crippen LogP contribution in [0.4, 0.5) is 0 Å². The summed E-state index contributed by atoms with van der Waals surface area (Å²) < 4.78 is 0. The van der Waals surface area contributed by atoms with Crippen LogP contribution in [0.3, 0.4) is 0 Å². The number of hydrogen-bond acceptors (Lipinski definition) is 2. The minimum atomic E-state index is -0.405. The van der Waals surface area contributed by atoms with Crippen LogP contribution in [-0.2, 0) is 0 Å². The lowest BCUT2D eigenvalue weighted by molar-refractivity contribution is -0.177. The Kier molecular flexibility index (Phi) is 5.95. The van der Waals surface area contributed by atoms with Crippen LogP contribution >= 0.6 is 0 Å². The quantitative estimate of drug-likeness (QED) is 0.362. The van der Waals surface area contributed by atoms with Crippen LogP contribution in [0.15, 0.2) is 36.0 Å². The van der Waals surface area contributed by atoms with Gasteiger partial charge in [-0.15, -0.1) is 0 Å². The molecule has 0 saturated heterocycles. The fourth-order valence-electron chi connectivity index (χ4n) is 9.37. The lowest BCUT2D eigenvalue weighted by atomic mass is 9.38. The second-order valence-electron chi connectivity index (χ2n) is 13.4. The molecule has 0 heterocycles. The minimum Gasteiger partial charge on any atom is -0.392 e. The average Bonchev–Trinajstić information content (AvgIpc) is 2.96. The standard InChI is InChI=1S/C30H48O2/c1-19(2)10-9-11-20(3)21-14-15-30(8)26-24(31)18-23-22(12-13-25(32)27(23,4)5)28(26,6)16-17-29(21,30)7/h9-10,18,20-22,24-26,31-32H,1,11-17H2,2-8H3/b10-9+/t20-,21-,22-,24+,25+,26-,28+,29-,30+/m1/s1. The molecule has 0 spiro atoms. The fraction of sp³-hybridized carbons (Fsp3) is 0.800. The Morgan fingerprint density at radius 1 is 1.06 bits per heavy atom. The average molecular weight is 441 g/mol. The topological polar surface area (TPSA) is 40.5 Å². The van der Waals surface area contributed by atoms with Gasteiger partial charge in [-0.25, -0.2) is 0 Å². The van der Waals surface area contributed by atoms with E-state index >= 15 is 0 Å². The van der Waals surface area contributed by atoms with E-state index in [1.54, 1.807) is 0 Å². The summed E-state index contributed by atoms with van der Waals surface area (Å²) in [6, 6.07) is 0. The van der Waals surface area contributed by atoms with E-state index in [-0.39, 0.29) is 27.8 Å². The lowest BCUT2D eigenvalue weighted by Gasteiger charge is -2.66. The second-order valence-corrected chi connectivity index (χ2v) is 13.4. The SMILES string of the molecule is C=C(C)/C=C/C[C@@H](C)[C@H]1CC[C@@]2(C)[C@@H]3[C@@H](O)C=C4[C@@H](CC[C@H](O)C4(C)C)[C@]3(C)CC[C@]12C. The predicted molar refractivity (Wildman–Crippen MR) is 134 cm³/mol. The van der Waals surface area contributed by atoms with Gasteiger partial charge in [0.1, 0.15) is 0 Å². The third kappa shape index (κ3) is 3.26. The molecule has 4 aliphatic rings. The van der Waals surface area contributed by atoms with Crippen LogP contribution in [0.2, 0.25) is 0 Å². The van der Waals surface area contributed by atoms with Crippen molar-refractivity contribution >= 4 is 0 Å². The molecule has 0 unspecified atom stereocenters. The molecule has 3 saturated carbocycles. The molecule has 0 aliphatic heterocycles. The molecular weight excluding hydrogens is 392 g/mol. The van der Waals surface area contributed by atoms with Crippen molar-refractivity contribution in [3.63, 3.8) is 0 Å². The Morgan fingerprint density at radius 3 is 2.41 bits per heavy atom. The highest BCUT2D eigenvalue weighted by Crippen LogP contribution is 2.74. The first-order valence-electron chi connectivity index (χ1n) is 13.2. The van der Waals surface area contributed by atoms with Crippen molar-refractivity contribution in [1.29, 1.82) is 0 Å². The van der Waals surface area contributed by atoms with E-state index in [2.05, 4.69) is 73.3 Å². The van der Waals surface area contributed by atoms with Crippen molar-refractivity contribution in [2.75, 3.05) is 0 Å². The highest BCUT2D eigenvalue weighted by atomic mass is 16.3. The summed E-state index contributed by atoms with van der Waals surface area (Å²) in [5.41, 5.74) is 2.77. The van der Waals surface area contributed by atoms with Crippen LogP contribution < -0.4 is 0 Å². The van der Waals surface area contributed by atoms with Gasteiger partial charge in [-0.2, -0.15) is 0 Å². The Balaban J connectivity index is 1.69. The summed E-state index contributed by atoms with van der Waals surface area (Å²) in [5.74, 6) is 2.15. The van der Waals surface area contributed by atoms with Crippen LogP contribution in [0.25, 0.3) is 0 Å². The maximum atomic E-state index is 11.7. The molecule has 32 heavy (non-hydrogen) atoms. The number of hydrogen-bond donors (Lipinski definition) is 2. The Bertz CT molecular complexity index is 821. The molecule has 0 aromatic rings. The molecule has 4 rings (SSSR count). The van der Waals surface area contributed by atoms with Gasteiger partial charge in [0.05, 0.1) is 12.2 Å². The van der Waals surface area contributed by atoms with Crippen molar-refractivity contribution in [2.24, 2.45) is 45.3 Å². The number of fused-ring (bicyclic) bond motifs is 5. The van der Waals surface area contributed by atoms with Gasteiger partial charge in [-0.1, -0.05) is 77.5 Å². The van der Waals surface area contributed by atoms with E-state index < -0.39 is 6.10 Å². The highest BCUT2D eigenvalue weighted by molar-refractivity contribution is 5.32. The second kappa shape index (κ2) is 7.84. The van der Waals surface area contributed by atoms with Crippen molar-refractivity contribution < 1.29 is 10.2 Å². The molecule has 2 N–H and O–H groups in total. The first kappa shape index (κ1) is 24.3. The van der Waals surface area contributed by atoms with Crippen LogP contribution in [-0.4, -0.2) is 22.4 Å². The summed E-state index contributed by atoms with van der Waals surface area (Å²) in [6.45, 7) is 20.5. The molecule has 2 nitrogen and oxygen atoms in total. The van der Waals surface area contributed by atoms with Gasteiger partial charge in [0.2, 0.25) is 0 Å². The van der Waals surface area contributed by atoms with Crippen molar-refractivity contribution in [3.05, 3.63) is 36.0 Å². The van der Waals surface area contributed by atoms with Gasteiger partial charge in [0.15, 0.2) is 0 Å². The first-order valence-corrected chi connectivity index (χ1v) is 13.2. The summed E-state index contributed by atoms with van der Waals surface area (Å²) in [7, 11) is 0. The van der Waals surface area contributed by atoms with E-state index in [1.807, 2.05) is 0 Å². The zero-order valence-corrected chi connectivity index (χ0v) is 21.7. The summed E-state index contributed by atoms with van der Waals surface area (Å²) >= 11 is 0. The van der Waals surface area contributed by atoms with E-state index in [0.29, 0.717) is 23.7 Å². The largest absolute Gasteiger partial charge is 0.392 e. The lowest BCUT2D eigenvalue weighted by Crippen LogP contribution is -2.62. The maximum Gasteiger partial charge on any atom is 0.0762 e. The number of allylic oxidation sites excluding steroid dienone is 3. The van der Waals surface area contributed by atoms with Crippen LogP contribution in [0, 0.1) is 45.3 Å². The molecule has 0 aromatic heterocycles. The van der Waals surface area contributed by atoms with Gasteiger partial charge < -0.3 is 10.2 Å². The van der Waals surface area contributed by atoms with E-state index in [9.17, 15) is 10.2 Å². The summed E-state index contributed by atoms with van der Waals surface area (Å²) in [5, 5.41) is 22.5. The minimum absolute atomic E-state index is 0.118. The normalized spacial score (nSPS) is 48.5. The summed E-state index contributed by atoms with van der Waals surface area (Å²) in [4.78, 5) is 0. The maximum absolute atomic E-state index is 11.7. The molecule has 0 radical (unpaired) electrons. The number of rotatable bonds is 4. The van der Waals surface area contributed by atoms with Crippen molar-refractivity contribution in [1.82, 2.24) is 0 Å². The van der Waals surface area contributed by atoms with Gasteiger partial charge in [0.25, 0.3) is 0 Å². The van der Waals surface area contributed by atoms with Gasteiger partial charge >= 0.3 is 0 Å². The Morgan fingerprint density at radius 2 is 1.75 bits per heavy atom. The van der Waals surface area contributed by atoms with Crippen molar-refractivity contribution in [2.45, 2.75) is 106 Å². The molecular formula is C30H48O2. The molecule has 0 aromatic carbocycles. The molecule has 2 heteroatoms. The molecule has 0 bridgehead atoms. The third-order valence-electron chi connectivity index (χ3n) is 11.4. The zero-order chi connectivity index (χ0) is 23.7. The molecule has 0 amide bonds. The first-order chi connectivity index (χ1) is 14.8. The van der Waals surface area contributed by atoms with Crippen LogP contribution in [0.1, 0.15) is 93.4 Å². The molecule has 180 valence electrons. The molecule has 9 atom stereocenters. The Labute approximate surface area is 197 Å². The predicted octanol–water partition coefficient (Wildman–Crippen LogP) is 7.08. The number of aliphatic hydroxyl groups is 2. The van der Waals surface area contributed by atoms with Gasteiger partial charge in [0, 0.05) is 11.3 Å². The summed E-state index contributed by atoms with van der Waals surface area (Å²) in [6.07, 6.45) is 14.0. The van der Waals surface area contributed by atoms with Crippen molar-refractivity contribution in [3.8, 4) is 0 Å². The molecule has 3 fully saturated rings. The fourth-order valence-corrected chi connectivity index (χ4v) is 9.37. The zero-order valence-electron chi connectivity index (χ0n) is 21.7. The van der Waals surface area contributed by atoms with Crippen LogP contribution in [0.5, 0.6) is 0 Å². The van der Waals surface area contributed by atoms with E-state index in [1.165, 1.54) is 31.3 Å². The van der Waals surface area contributed by atoms with Gasteiger partial charge in [-0.3, -0.25) is 0 Å². The van der Waals surface area contributed by atoms with E-state index in [0.717, 1.165) is 24.8 Å². The Hall–Kier alpha value is -0.860. The number of aliphatic hydroxyl groups excluding tert-OH is 2. The third-order valence-corrected chi connectivity index (χ3v) is 11.4. The van der Waals surface area contributed by atoms with Gasteiger partial charge in [-0.05, 0) is 85.9 Å².